The van der Waals surface area contributed by atoms with Crippen molar-refractivity contribution in [3.63, 3.8) is 0 Å². The Labute approximate surface area is 123 Å². The molecule has 2 N–H and O–H groups in total. The van der Waals surface area contributed by atoms with Crippen LogP contribution in [0.4, 0.5) is 0 Å². The maximum absolute atomic E-state index is 6.19. The van der Waals surface area contributed by atoms with Crippen molar-refractivity contribution in [1.29, 1.82) is 0 Å². The van der Waals surface area contributed by atoms with E-state index in [0.717, 1.165) is 24.7 Å². The molecule has 0 aliphatic heterocycles. The molecule has 2 rings (SSSR count). The lowest BCUT2D eigenvalue weighted by Gasteiger charge is -2.41. The maximum Gasteiger partial charge on any atom is 0.0544 e. The highest BCUT2D eigenvalue weighted by molar-refractivity contribution is 5.05. The van der Waals surface area contributed by atoms with Crippen molar-refractivity contribution in [1.82, 2.24) is 9.88 Å². The fourth-order valence-electron chi connectivity index (χ4n) is 3.51. The van der Waals surface area contributed by atoms with Gasteiger partial charge in [0.25, 0.3) is 0 Å². The fraction of sp³-hybridized carbons (Fsp3) is 0.706. The van der Waals surface area contributed by atoms with Crippen molar-refractivity contribution >= 4 is 0 Å². The van der Waals surface area contributed by atoms with Gasteiger partial charge in [-0.15, -0.1) is 0 Å². The summed E-state index contributed by atoms with van der Waals surface area (Å²) in [5, 5.41) is 0. The van der Waals surface area contributed by atoms with Gasteiger partial charge in [0, 0.05) is 24.8 Å². The summed E-state index contributed by atoms with van der Waals surface area (Å²) < 4.78 is 0. The van der Waals surface area contributed by atoms with E-state index in [1.165, 1.54) is 38.5 Å². The second-order valence-electron chi connectivity index (χ2n) is 6.31. The zero-order valence-corrected chi connectivity index (χ0v) is 13.0. The van der Waals surface area contributed by atoms with Crippen LogP contribution in [0.1, 0.15) is 51.1 Å². The minimum atomic E-state index is 0.168. The van der Waals surface area contributed by atoms with Gasteiger partial charge in [-0.25, -0.2) is 0 Å². The molecule has 1 heterocycles. The lowest BCUT2D eigenvalue weighted by atomic mass is 9.87. The molecule has 2 atom stereocenters. The summed E-state index contributed by atoms with van der Waals surface area (Å²) in [5.41, 5.74) is 7.49. The maximum atomic E-state index is 6.19. The molecule has 1 aromatic heterocycles. The number of rotatable bonds is 5. The van der Waals surface area contributed by atoms with E-state index in [1.807, 2.05) is 12.3 Å². The van der Waals surface area contributed by atoms with Gasteiger partial charge in [0.2, 0.25) is 0 Å². The zero-order chi connectivity index (χ0) is 14.4. The quantitative estimate of drug-likeness (QED) is 0.839. The van der Waals surface area contributed by atoms with Gasteiger partial charge in [-0.1, -0.05) is 32.3 Å². The first-order chi connectivity index (χ1) is 9.70. The SMILES string of the molecule is CCC1CCCC(CN)(N(C)Cc2ccccn2)CC1. The van der Waals surface area contributed by atoms with E-state index in [2.05, 4.69) is 36.0 Å². The number of pyridine rings is 1. The van der Waals surface area contributed by atoms with Crippen LogP contribution in [0.3, 0.4) is 0 Å². The predicted octanol–water partition coefficient (Wildman–Crippen LogP) is 3.20. The molecule has 0 spiro atoms. The van der Waals surface area contributed by atoms with Gasteiger partial charge in [0.1, 0.15) is 0 Å². The molecular formula is C17H29N3. The van der Waals surface area contributed by atoms with E-state index in [-0.39, 0.29) is 5.54 Å². The molecule has 1 saturated carbocycles. The molecule has 2 unspecified atom stereocenters. The van der Waals surface area contributed by atoms with Gasteiger partial charge in [-0.2, -0.15) is 0 Å². The van der Waals surface area contributed by atoms with E-state index in [0.29, 0.717) is 0 Å². The number of nitrogens with two attached hydrogens (primary N) is 1. The first kappa shape index (κ1) is 15.5. The van der Waals surface area contributed by atoms with Crippen molar-refractivity contribution in [3.05, 3.63) is 30.1 Å². The summed E-state index contributed by atoms with van der Waals surface area (Å²) in [6.45, 7) is 3.97. The van der Waals surface area contributed by atoms with Crippen molar-refractivity contribution in [3.8, 4) is 0 Å². The van der Waals surface area contributed by atoms with Crippen LogP contribution in [0.25, 0.3) is 0 Å². The van der Waals surface area contributed by atoms with Crippen LogP contribution in [0.15, 0.2) is 24.4 Å². The third-order valence-corrected chi connectivity index (χ3v) is 5.16. The molecule has 3 nitrogen and oxygen atoms in total. The molecular weight excluding hydrogens is 246 g/mol. The average molecular weight is 275 g/mol. The Morgan fingerprint density at radius 3 is 2.85 bits per heavy atom. The van der Waals surface area contributed by atoms with Gasteiger partial charge < -0.3 is 5.73 Å². The van der Waals surface area contributed by atoms with Gasteiger partial charge >= 0.3 is 0 Å². The van der Waals surface area contributed by atoms with Crippen LogP contribution < -0.4 is 5.73 Å². The van der Waals surface area contributed by atoms with Crippen LogP contribution >= 0.6 is 0 Å². The van der Waals surface area contributed by atoms with E-state index in [4.69, 9.17) is 5.73 Å². The lowest BCUT2D eigenvalue weighted by molar-refractivity contribution is 0.0970. The Morgan fingerprint density at radius 1 is 1.35 bits per heavy atom. The van der Waals surface area contributed by atoms with Gasteiger partial charge in [-0.05, 0) is 44.4 Å². The van der Waals surface area contributed by atoms with E-state index >= 15 is 0 Å². The predicted molar refractivity (Wildman–Crippen MR) is 84.4 cm³/mol. The molecule has 0 amide bonds. The standard InChI is InChI=1S/C17H29N3/c1-3-15-7-6-10-17(14-18,11-9-15)20(2)13-16-8-4-5-12-19-16/h4-5,8,12,15H,3,6-7,9-11,13-14,18H2,1-2H3. The highest BCUT2D eigenvalue weighted by atomic mass is 15.2. The van der Waals surface area contributed by atoms with Crippen LogP contribution in [0, 0.1) is 5.92 Å². The molecule has 0 radical (unpaired) electrons. The molecule has 3 heteroatoms. The van der Waals surface area contributed by atoms with E-state index in [1.54, 1.807) is 0 Å². The van der Waals surface area contributed by atoms with E-state index in [9.17, 15) is 0 Å². The van der Waals surface area contributed by atoms with Crippen molar-refractivity contribution < 1.29 is 0 Å². The Hall–Kier alpha value is -0.930. The normalized spacial score (nSPS) is 27.5. The molecule has 0 saturated heterocycles. The van der Waals surface area contributed by atoms with E-state index < -0.39 is 0 Å². The Balaban J connectivity index is 2.05. The largest absolute Gasteiger partial charge is 0.329 e. The van der Waals surface area contributed by atoms with Gasteiger partial charge in [0.15, 0.2) is 0 Å². The van der Waals surface area contributed by atoms with Crippen LogP contribution in [0.2, 0.25) is 0 Å². The first-order valence-corrected chi connectivity index (χ1v) is 8.01. The van der Waals surface area contributed by atoms with Crippen LogP contribution in [-0.2, 0) is 6.54 Å². The molecule has 1 aliphatic rings. The number of aromatic nitrogens is 1. The summed E-state index contributed by atoms with van der Waals surface area (Å²) in [7, 11) is 2.22. The summed E-state index contributed by atoms with van der Waals surface area (Å²) in [4.78, 5) is 6.90. The molecule has 0 aromatic carbocycles. The smallest absolute Gasteiger partial charge is 0.0544 e. The number of nitrogens with zero attached hydrogens (tertiary/aromatic N) is 2. The van der Waals surface area contributed by atoms with Gasteiger partial charge in [0.05, 0.1) is 5.69 Å². The van der Waals surface area contributed by atoms with Crippen molar-refractivity contribution in [2.24, 2.45) is 11.7 Å². The summed E-state index contributed by atoms with van der Waals surface area (Å²) in [6, 6.07) is 6.14. The molecule has 112 valence electrons. The summed E-state index contributed by atoms with van der Waals surface area (Å²) in [6.07, 6.45) is 9.63. The lowest BCUT2D eigenvalue weighted by Crippen LogP contribution is -2.51. The average Bonchev–Trinajstić information content (AvgIpc) is 2.71. The van der Waals surface area contributed by atoms with Crippen LogP contribution in [0.5, 0.6) is 0 Å². The third-order valence-electron chi connectivity index (χ3n) is 5.16. The Bertz CT molecular complexity index is 392. The Kier molecular flexibility index (Phi) is 5.55. The third kappa shape index (κ3) is 3.58. The molecule has 0 bridgehead atoms. The highest BCUT2D eigenvalue weighted by Gasteiger charge is 2.35. The molecule has 1 fully saturated rings. The molecule has 1 aromatic rings. The Morgan fingerprint density at radius 2 is 2.20 bits per heavy atom. The molecule has 1 aliphatic carbocycles. The second kappa shape index (κ2) is 7.19. The highest BCUT2D eigenvalue weighted by Crippen LogP contribution is 2.35. The minimum Gasteiger partial charge on any atom is -0.329 e. The molecule has 20 heavy (non-hydrogen) atoms. The first-order valence-electron chi connectivity index (χ1n) is 8.01. The number of hydrogen-bond donors (Lipinski definition) is 1. The van der Waals surface area contributed by atoms with Gasteiger partial charge in [-0.3, -0.25) is 9.88 Å². The number of likely N-dealkylation sites (N-methyl/N-ethyl adjacent to an activating group) is 1. The summed E-state index contributed by atoms with van der Waals surface area (Å²) in [5.74, 6) is 0.895. The fourth-order valence-corrected chi connectivity index (χ4v) is 3.51. The van der Waals surface area contributed by atoms with Crippen molar-refractivity contribution in [2.45, 2.75) is 57.5 Å². The topological polar surface area (TPSA) is 42.1 Å². The summed E-state index contributed by atoms with van der Waals surface area (Å²) >= 11 is 0. The number of hydrogen-bond acceptors (Lipinski definition) is 3. The second-order valence-corrected chi connectivity index (χ2v) is 6.31. The van der Waals surface area contributed by atoms with Crippen LogP contribution in [-0.4, -0.2) is 29.0 Å². The zero-order valence-electron chi connectivity index (χ0n) is 13.0. The monoisotopic (exact) mass is 275 g/mol. The minimum absolute atomic E-state index is 0.168. The van der Waals surface area contributed by atoms with Crippen molar-refractivity contribution in [2.75, 3.05) is 13.6 Å².